The zero-order valence-electron chi connectivity index (χ0n) is 11.5. The Kier molecular flexibility index (Phi) is 5.05. The molecule has 0 radical (unpaired) electrons. The molecule has 1 heterocycles. The van der Waals surface area contributed by atoms with Crippen LogP contribution >= 0.6 is 58.0 Å². The van der Waals surface area contributed by atoms with Gasteiger partial charge < -0.3 is 0 Å². The fourth-order valence-electron chi connectivity index (χ4n) is 2.24. The zero-order valence-corrected chi connectivity index (χ0v) is 15.2. The van der Waals surface area contributed by atoms with E-state index in [2.05, 4.69) is 4.98 Å². The molecule has 0 fully saturated rings. The lowest BCUT2D eigenvalue weighted by Crippen LogP contribution is -1.89. The Hall–Kier alpha value is -0.960. The Morgan fingerprint density at radius 2 is 1.00 bits per heavy atom. The number of benzene rings is 2. The van der Waals surface area contributed by atoms with Crippen molar-refractivity contribution in [2.75, 3.05) is 0 Å². The first-order valence-electron chi connectivity index (χ1n) is 6.51. The van der Waals surface area contributed by atoms with Crippen LogP contribution in [0.2, 0.25) is 25.1 Å². The molecule has 0 aliphatic heterocycles. The van der Waals surface area contributed by atoms with E-state index in [9.17, 15) is 0 Å². The molecule has 0 bridgehead atoms. The van der Waals surface area contributed by atoms with Crippen molar-refractivity contribution < 1.29 is 0 Å². The lowest BCUT2D eigenvalue weighted by molar-refractivity contribution is 1.33. The molecule has 0 saturated heterocycles. The molecular formula is C17H8Cl5N. The third-order valence-corrected chi connectivity index (χ3v) is 4.83. The minimum atomic E-state index is 0.501. The number of halogens is 5. The maximum absolute atomic E-state index is 6.58. The summed E-state index contributed by atoms with van der Waals surface area (Å²) < 4.78 is 0. The predicted molar refractivity (Wildman–Crippen MR) is 100 cm³/mol. The Labute approximate surface area is 158 Å². The van der Waals surface area contributed by atoms with Crippen LogP contribution in [-0.2, 0) is 0 Å². The number of pyridine rings is 1. The highest BCUT2D eigenvalue weighted by Crippen LogP contribution is 2.41. The third kappa shape index (κ3) is 3.45. The van der Waals surface area contributed by atoms with E-state index in [1.54, 1.807) is 48.8 Å². The van der Waals surface area contributed by atoms with E-state index in [1.807, 2.05) is 0 Å². The molecule has 0 amide bonds. The van der Waals surface area contributed by atoms with Crippen molar-refractivity contribution in [3.8, 4) is 22.3 Å². The summed E-state index contributed by atoms with van der Waals surface area (Å²) in [6.45, 7) is 0. The predicted octanol–water partition coefficient (Wildman–Crippen LogP) is 7.68. The van der Waals surface area contributed by atoms with Gasteiger partial charge in [0.25, 0.3) is 0 Å². The van der Waals surface area contributed by atoms with Gasteiger partial charge in [-0.1, -0.05) is 70.1 Å². The van der Waals surface area contributed by atoms with E-state index in [-0.39, 0.29) is 0 Å². The Balaban J connectivity index is 2.19. The van der Waals surface area contributed by atoms with Gasteiger partial charge in [-0.3, -0.25) is 4.98 Å². The van der Waals surface area contributed by atoms with Crippen molar-refractivity contribution in [3.63, 3.8) is 0 Å². The number of hydrogen-bond donors (Lipinski definition) is 0. The molecule has 0 atom stereocenters. The second kappa shape index (κ2) is 6.88. The fourth-order valence-corrected chi connectivity index (χ4v) is 3.56. The smallest absolute Gasteiger partial charge is 0.0594 e. The van der Waals surface area contributed by atoms with Crippen molar-refractivity contribution in [2.45, 2.75) is 0 Å². The number of rotatable bonds is 2. The zero-order chi connectivity index (χ0) is 16.6. The summed E-state index contributed by atoms with van der Waals surface area (Å²) in [5.74, 6) is 0. The van der Waals surface area contributed by atoms with Crippen LogP contribution in [-0.4, -0.2) is 4.98 Å². The van der Waals surface area contributed by atoms with Gasteiger partial charge in [0.15, 0.2) is 0 Å². The molecule has 0 aliphatic rings. The molecule has 0 aliphatic carbocycles. The summed E-state index contributed by atoms with van der Waals surface area (Å²) in [5, 5.41) is 2.62. The normalized spacial score (nSPS) is 10.8. The summed E-state index contributed by atoms with van der Waals surface area (Å²) in [7, 11) is 0. The van der Waals surface area contributed by atoms with E-state index in [0.29, 0.717) is 36.2 Å². The first-order chi connectivity index (χ1) is 11.0. The Morgan fingerprint density at radius 1 is 0.565 bits per heavy atom. The minimum Gasteiger partial charge on any atom is -0.263 e. The number of aromatic nitrogens is 1. The molecular weight excluding hydrogens is 395 g/mol. The highest BCUT2D eigenvalue weighted by Gasteiger charge is 2.15. The molecule has 3 rings (SSSR count). The maximum atomic E-state index is 6.58. The van der Waals surface area contributed by atoms with Crippen LogP contribution in [0.3, 0.4) is 0 Å². The van der Waals surface area contributed by atoms with Crippen LogP contribution < -0.4 is 0 Å². The first kappa shape index (κ1) is 16.9. The molecule has 116 valence electrons. The number of hydrogen-bond acceptors (Lipinski definition) is 1. The topological polar surface area (TPSA) is 12.9 Å². The van der Waals surface area contributed by atoms with Crippen molar-refractivity contribution in [3.05, 3.63) is 73.9 Å². The standard InChI is InChI=1S/C17H8Cl5N/c18-9-1-3-11(15(20)5-9)13-7-23-8-14(17(13)22)12-4-2-10(19)6-16(12)21/h1-8H. The van der Waals surface area contributed by atoms with Crippen LogP contribution in [0.25, 0.3) is 22.3 Å². The summed E-state index contributed by atoms with van der Waals surface area (Å²) >= 11 is 31.0. The van der Waals surface area contributed by atoms with Gasteiger partial charge in [-0.25, -0.2) is 0 Å². The lowest BCUT2D eigenvalue weighted by Gasteiger charge is -2.12. The van der Waals surface area contributed by atoms with Crippen molar-refractivity contribution in [1.82, 2.24) is 4.98 Å². The SMILES string of the molecule is Clc1ccc(-c2cncc(-c3ccc(Cl)cc3Cl)c2Cl)c(Cl)c1. The van der Waals surface area contributed by atoms with Gasteiger partial charge in [-0.2, -0.15) is 0 Å². The Morgan fingerprint density at radius 3 is 1.39 bits per heavy atom. The second-order valence-corrected chi connectivity index (χ2v) is 6.86. The largest absolute Gasteiger partial charge is 0.263 e. The summed E-state index contributed by atoms with van der Waals surface area (Å²) in [6, 6.07) is 10.4. The molecule has 0 spiro atoms. The van der Waals surface area contributed by atoms with Crippen LogP contribution in [0.4, 0.5) is 0 Å². The molecule has 23 heavy (non-hydrogen) atoms. The molecule has 0 N–H and O–H groups in total. The second-order valence-electron chi connectivity index (χ2n) is 4.80. The molecule has 0 saturated carbocycles. The molecule has 2 aromatic carbocycles. The maximum Gasteiger partial charge on any atom is 0.0594 e. The van der Waals surface area contributed by atoms with Gasteiger partial charge in [0.1, 0.15) is 0 Å². The Bertz CT molecular complexity index is 822. The van der Waals surface area contributed by atoms with E-state index in [1.165, 1.54) is 0 Å². The summed E-state index contributed by atoms with van der Waals surface area (Å²) in [4.78, 5) is 4.26. The molecule has 0 unspecified atom stereocenters. The van der Waals surface area contributed by atoms with Gasteiger partial charge in [-0.05, 0) is 24.3 Å². The van der Waals surface area contributed by atoms with Crippen LogP contribution in [0, 0.1) is 0 Å². The van der Waals surface area contributed by atoms with Crippen LogP contribution in [0.1, 0.15) is 0 Å². The van der Waals surface area contributed by atoms with Crippen LogP contribution in [0.15, 0.2) is 48.8 Å². The van der Waals surface area contributed by atoms with Gasteiger partial charge in [-0.15, -0.1) is 0 Å². The van der Waals surface area contributed by atoms with Gasteiger partial charge in [0.05, 0.1) is 5.02 Å². The summed E-state index contributed by atoms with van der Waals surface area (Å²) in [6.07, 6.45) is 3.32. The van der Waals surface area contributed by atoms with Gasteiger partial charge in [0.2, 0.25) is 0 Å². The van der Waals surface area contributed by atoms with E-state index < -0.39 is 0 Å². The van der Waals surface area contributed by atoms with Crippen molar-refractivity contribution in [1.29, 1.82) is 0 Å². The van der Waals surface area contributed by atoms with E-state index in [4.69, 9.17) is 58.0 Å². The fraction of sp³-hybridized carbons (Fsp3) is 0. The average molecular weight is 404 g/mol. The quantitative estimate of drug-likeness (QED) is 0.427. The van der Waals surface area contributed by atoms with E-state index >= 15 is 0 Å². The first-order valence-corrected chi connectivity index (χ1v) is 8.40. The van der Waals surface area contributed by atoms with Gasteiger partial charge in [0, 0.05) is 54.7 Å². The average Bonchev–Trinajstić information content (AvgIpc) is 2.49. The monoisotopic (exact) mass is 401 g/mol. The lowest BCUT2D eigenvalue weighted by atomic mass is 10.0. The van der Waals surface area contributed by atoms with E-state index in [0.717, 1.165) is 11.1 Å². The number of nitrogens with zero attached hydrogens (tertiary/aromatic N) is 1. The van der Waals surface area contributed by atoms with Crippen LogP contribution in [0.5, 0.6) is 0 Å². The molecule has 6 heteroatoms. The van der Waals surface area contributed by atoms with Crippen molar-refractivity contribution >= 4 is 58.0 Å². The molecule has 1 aromatic heterocycles. The summed E-state index contributed by atoms with van der Waals surface area (Å²) in [5.41, 5.74) is 2.91. The highest BCUT2D eigenvalue weighted by molar-refractivity contribution is 6.40. The molecule has 1 nitrogen and oxygen atoms in total. The minimum absolute atomic E-state index is 0.501. The van der Waals surface area contributed by atoms with Gasteiger partial charge >= 0.3 is 0 Å². The highest BCUT2D eigenvalue weighted by atomic mass is 35.5. The molecule has 3 aromatic rings. The third-order valence-electron chi connectivity index (χ3n) is 3.32. The van der Waals surface area contributed by atoms with Crippen molar-refractivity contribution in [2.24, 2.45) is 0 Å².